The molecule has 2 aliphatic rings. The van der Waals surface area contributed by atoms with Gasteiger partial charge in [-0.25, -0.2) is 0 Å². The standard InChI is InChI=1S/C15H29N3O2.2ClH/c1-3-10-18-11-4-13(5-12-18)17-14(19)15(20-2)6-8-16-9-7-15;;/h13,16H,3-12H2,1-2H3,(H,17,19);2*1H. The van der Waals surface area contributed by atoms with Gasteiger partial charge >= 0.3 is 0 Å². The Bertz CT molecular complexity index is 318. The van der Waals surface area contributed by atoms with Gasteiger partial charge in [0.15, 0.2) is 0 Å². The van der Waals surface area contributed by atoms with E-state index in [2.05, 4.69) is 22.5 Å². The van der Waals surface area contributed by atoms with Gasteiger partial charge in [0.2, 0.25) is 0 Å². The number of likely N-dealkylation sites (tertiary alicyclic amines) is 1. The zero-order valence-corrected chi connectivity index (χ0v) is 15.4. The summed E-state index contributed by atoms with van der Waals surface area (Å²) >= 11 is 0. The molecule has 2 heterocycles. The van der Waals surface area contributed by atoms with E-state index in [9.17, 15) is 4.79 Å². The lowest BCUT2D eigenvalue weighted by molar-refractivity contribution is -0.147. The summed E-state index contributed by atoms with van der Waals surface area (Å²) in [7, 11) is 1.66. The molecule has 5 nitrogen and oxygen atoms in total. The minimum atomic E-state index is -0.605. The van der Waals surface area contributed by atoms with Crippen molar-refractivity contribution in [2.45, 2.75) is 50.7 Å². The van der Waals surface area contributed by atoms with E-state index in [0.29, 0.717) is 6.04 Å². The molecule has 132 valence electrons. The lowest BCUT2D eigenvalue weighted by Crippen LogP contribution is -2.57. The van der Waals surface area contributed by atoms with E-state index in [1.54, 1.807) is 7.11 Å². The number of carbonyl (C=O) groups excluding carboxylic acids is 1. The number of nitrogens with one attached hydrogen (secondary N) is 2. The monoisotopic (exact) mass is 355 g/mol. The van der Waals surface area contributed by atoms with Gasteiger partial charge in [-0.15, -0.1) is 24.8 Å². The highest BCUT2D eigenvalue weighted by atomic mass is 35.5. The number of halogens is 2. The average Bonchev–Trinajstić information content (AvgIpc) is 2.50. The van der Waals surface area contributed by atoms with E-state index in [1.165, 1.54) is 13.0 Å². The second-order valence-electron chi connectivity index (χ2n) is 6.04. The Morgan fingerprint density at radius 3 is 2.36 bits per heavy atom. The largest absolute Gasteiger partial charge is 0.368 e. The van der Waals surface area contributed by atoms with Crippen LogP contribution in [0.5, 0.6) is 0 Å². The lowest BCUT2D eigenvalue weighted by Gasteiger charge is -2.38. The molecule has 2 rings (SSSR count). The van der Waals surface area contributed by atoms with Crippen molar-refractivity contribution in [2.75, 3.05) is 39.8 Å². The Kier molecular flexibility index (Phi) is 10.6. The van der Waals surface area contributed by atoms with Crippen molar-refractivity contribution in [3.8, 4) is 0 Å². The smallest absolute Gasteiger partial charge is 0.252 e. The van der Waals surface area contributed by atoms with Gasteiger partial charge < -0.3 is 20.3 Å². The van der Waals surface area contributed by atoms with Crippen LogP contribution in [-0.4, -0.2) is 62.3 Å². The summed E-state index contributed by atoms with van der Waals surface area (Å²) in [5.74, 6) is 0.0930. The average molecular weight is 356 g/mol. The molecule has 2 saturated heterocycles. The maximum absolute atomic E-state index is 12.5. The predicted octanol–water partition coefficient (Wildman–Crippen LogP) is 1.59. The van der Waals surface area contributed by atoms with Gasteiger partial charge in [0.25, 0.3) is 5.91 Å². The number of methoxy groups -OCH3 is 1. The van der Waals surface area contributed by atoms with Gasteiger partial charge in [0.1, 0.15) is 5.60 Å². The molecule has 22 heavy (non-hydrogen) atoms. The van der Waals surface area contributed by atoms with Crippen molar-refractivity contribution in [3.05, 3.63) is 0 Å². The Labute approximate surface area is 146 Å². The molecule has 2 fully saturated rings. The molecule has 0 aromatic carbocycles. The molecule has 0 aromatic heterocycles. The van der Waals surface area contributed by atoms with E-state index in [1.807, 2.05) is 0 Å². The molecule has 2 N–H and O–H groups in total. The number of hydrogen-bond acceptors (Lipinski definition) is 4. The fourth-order valence-electron chi connectivity index (χ4n) is 3.29. The number of hydrogen-bond donors (Lipinski definition) is 2. The Morgan fingerprint density at radius 2 is 1.86 bits per heavy atom. The first-order chi connectivity index (χ1) is 9.70. The van der Waals surface area contributed by atoms with Crippen molar-refractivity contribution in [3.63, 3.8) is 0 Å². The predicted molar refractivity (Wildman–Crippen MR) is 94.2 cm³/mol. The van der Waals surface area contributed by atoms with Crippen LogP contribution < -0.4 is 10.6 Å². The number of amides is 1. The topological polar surface area (TPSA) is 53.6 Å². The second-order valence-corrected chi connectivity index (χ2v) is 6.04. The van der Waals surface area contributed by atoms with Gasteiger partial charge in [0.05, 0.1) is 0 Å². The number of nitrogens with zero attached hydrogens (tertiary/aromatic N) is 1. The molecule has 7 heteroatoms. The van der Waals surface area contributed by atoms with Crippen LogP contribution in [0.25, 0.3) is 0 Å². The molecule has 0 aliphatic carbocycles. The summed E-state index contributed by atoms with van der Waals surface area (Å²) in [6.07, 6.45) is 4.86. The maximum Gasteiger partial charge on any atom is 0.252 e. The Hall–Kier alpha value is -0.0700. The summed E-state index contributed by atoms with van der Waals surface area (Å²) in [6, 6.07) is 0.317. The summed E-state index contributed by atoms with van der Waals surface area (Å²) in [5, 5.41) is 6.51. The fourth-order valence-corrected chi connectivity index (χ4v) is 3.29. The van der Waals surface area contributed by atoms with Gasteiger partial charge in [0, 0.05) is 26.2 Å². The van der Waals surface area contributed by atoms with E-state index >= 15 is 0 Å². The van der Waals surface area contributed by atoms with Crippen LogP contribution in [0, 0.1) is 0 Å². The molecule has 0 saturated carbocycles. The highest BCUT2D eigenvalue weighted by Gasteiger charge is 2.40. The first-order valence-electron chi connectivity index (χ1n) is 7.99. The zero-order chi connectivity index (χ0) is 14.4. The summed E-state index contributed by atoms with van der Waals surface area (Å²) < 4.78 is 5.58. The highest BCUT2D eigenvalue weighted by Crippen LogP contribution is 2.23. The minimum Gasteiger partial charge on any atom is -0.368 e. The summed E-state index contributed by atoms with van der Waals surface area (Å²) in [4.78, 5) is 15.0. The van der Waals surface area contributed by atoms with Crippen LogP contribution >= 0.6 is 24.8 Å². The zero-order valence-electron chi connectivity index (χ0n) is 13.7. The van der Waals surface area contributed by atoms with Crippen LogP contribution in [0.2, 0.25) is 0 Å². The molecular weight excluding hydrogens is 325 g/mol. The molecule has 0 spiro atoms. The van der Waals surface area contributed by atoms with Crippen molar-refractivity contribution in [1.29, 1.82) is 0 Å². The van der Waals surface area contributed by atoms with Crippen LogP contribution in [-0.2, 0) is 9.53 Å². The molecule has 0 radical (unpaired) electrons. The molecule has 1 amide bonds. The van der Waals surface area contributed by atoms with Crippen molar-refractivity contribution >= 4 is 30.7 Å². The van der Waals surface area contributed by atoms with E-state index in [0.717, 1.165) is 51.9 Å². The molecule has 0 aromatic rings. The van der Waals surface area contributed by atoms with Crippen LogP contribution in [0.4, 0.5) is 0 Å². The number of ether oxygens (including phenoxy) is 1. The third-order valence-corrected chi connectivity index (χ3v) is 4.68. The lowest BCUT2D eigenvalue weighted by atomic mass is 9.90. The molecule has 2 aliphatic heterocycles. The van der Waals surface area contributed by atoms with Gasteiger partial charge in [-0.1, -0.05) is 6.92 Å². The van der Waals surface area contributed by atoms with E-state index in [-0.39, 0.29) is 30.7 Å². The van der Waals surface area contributed by atoms with E-state index in [4.69, 9.17) is 4.74 Å². The Balaban J connectivity index is 0.00000220. The highest BCUT2D eigenvalue weighted by molar-refractivity contribution is 5.86. The molecular formula is C15H31Cl2N3O2. The third kappa shape index (κ3) is 5.53. The molecule has 0 atom stereocenters. The Morgan fingerprint density at radius 1 is 1.27 bits per heavy atom. The first-order valence-corrected chi connectivity index (χ1v) is 7.99. The van der Waals surface area contributed by atoms with Crippen molar-refractivity contribution in [2.24, 2.45) is 0 Å². The summed E-state index contributed by atoms with van der Waals surface area (Å²) in [5.41, 5.74) is -0.605. The maximum atomic E-state index is 12.5. The fraction of sp³-hybridized carbons (Fsp3) is 0.933. The van der Waals surface area contributed by atoms with Gasteiger partial charge in [-0.3, -0.25) is 4.79 Å². The second kappa shape index (κ2) is 10.7. The number of carbonyl (C=O) groups is 1. The minimum absolute atomic E-state index is 0. The van der Waals surface area contributed by atoms with E-state index < -0.39 is 5.60 Å². The normalized spacial score (nSPS) is 22.3. The van der Waals surface area contributed by atoms with Crippen LogP contribution in [0.1, 0.15) is 39.0 Å². The molecule has 0 unspecified atom stereocenters. The van der Waals surface area contributed by atoms with Crippen LogP contribution in [0.3, 0.4) is 0 Å². The van der Waals surface area contributed by atoms with Crippen LogP contribution in [0.15, 0.2) is 0 Å². The van der Waals surface area contributed by atoms with Crippen molar-refractivity contribution < 1.29 is 9.53 Å². The summed E-state index contributed by atoms with van der Waals surface area (Å²) in [6.45, 7) is 7.30. The van der Waals surface area contributed by atoms with Crippen molar-refractivity contribution in [1.82, 2.24) is 15.5 Å². The van der Waals surface area contributed by atoms with Gasteiger partial charge in [-0.05, 0) is 51.7 Å². The SMILES string of the molecule is CCCN1CCC(NC(=O)C2(OC)CCNCC2)CC1.Cl.Cl. The number of piperidine rings is 2. The van der Waals surface area contributed by atoms with Gasteiger partial charge in [-0.2, -0.15) is 0 Å². The first kappa shape index (κ1) is 21.9. The third-order valence-electron chi connectivity index (χ3n) is 4.68. The molecule has 0 bridgehead atoms. The number of rotatable bonds is 5. The quantitative estimate of drug-likeness (QED) is 0.786.